The normalized spacial score (nSPS) is 17.0. The summed E-state index contributed by atoms with van der Waals surface area (Å²) < 4.78 is 5.43. The van der Waals surface area contributed by atoms with Gasteiger partial charge in [-0.25, -0.2) is 0 Å². The van der Waals surface area contributed by atoms with Crippen LogP contribution in [0.2, 0.25) is 0 Å². The van der Waals surface area contributed by atoms with Crippen LogP contribution in [0.15, 0.2) is 54.6 Å². The molecule has 1 aliphatic rings. The van der Waals surface area contributed by atoms with Crippen LogP contribution in [-0.4, -0.2) is 37.7 Å². The first-order valence-corrected chi connectivity index (χ1v) is 8.44. The van der Waals surface area contributed by atoms with Gasteiger partial charge in [0, 0.05) is 19.6 Å². The number of rotatable bonds is 5. The largest absolute Gasteiger partial charge is 0.379 e. The van der Waals surface area contributed by atoms with Crippen molar-refractivity contribution in [1.29, 1.82) is 0 Å². The van der Waals surface area contributed by atoms with Gasteiger partial charge in [-0.05, 0) is 22.6 Å². The first-order valence-electron chi connectivity index (χ1n) is 8.44. The second-order valence-corrected chi connectivity index (χ2v) is 6.37. The summed E-state index contributed by atoms with van der Waals surface area (Å²) >= 11 is 0. The minimum atomic E-state index is -0.0632. The van der Waals surface area contributed by atoms with Crippen LogP contribution in [0.5, 0.6) is 0 Å². The summed E-state index contributed by atoms with van der Waals surface area (Å²) in [6.07, 6.45) is 0. The fraction of sp³-hybridized carbons (Fsp3) is 0.400. The Morgan fingerprint density at radius 1 is 0.920 bits per heavy atom. The molecule has 0 bridgehead atoms. The lowest BCUT2D eigenvalue weighted by molar-refractivity contribution is 0.0357. The monoisotopic (exact) mass is 382 g/mol. The van der Waals surface area contributed by atoms with E-state index in [4.69, 9.17) is 10.5 Å². The maximum absolute atomic E-state index is 6.44. The second-order valence-electron chi connectivity index (χ2n) is 6.37. The van der Waals surface area contributed by atoms with E-state index in [9.17, 15) is 0 Å². The third kappa shape index (κ3) is 5.98. The van der Waals surface area contributed by atoms with Crippen molar-refractivity contribution in [2.75, 3.05) is 32.8 Å². The van der Waals surface area contributed by atoms with Crippen molar-refractivity contribution in [1.82, 2.24) is 4.90 Å². The average Bonchev–Trinajstić information content (AvgIpc) is 2.63. The van der Waals surface area contributed by atoms with Crippen LogP contribution in [-0.2, 0) is 4.74 Å². The molecule has 25 heavy (non-hydrogen) atoms. The van der Waals surface area contributed by atoms with E-state index < -0.39 is 0 Å². The van der Waals surface area contributed by atoms with Crippen LogP contribution in [0, 0.1) is 0 Å². The molecule has 1 fully saturated rings. The number of hydrogen-bond acceptors (Lipinski definition) is 3. The fourth-order valence-corrected chi connectivity index (χ4v) is 3.19. The van der Waals surface area contributed by atoms with Crippen LogP contribution in [0.3, 0.4) is 0 Å². The molecule has 1 heterocycles. The minimum absolute atomic E-state index is 0. The van der Waals surface area contributed by atoms with E-state index in [2.05, 4.69) is 48.2 Å². The Labute approximate surface area is 163 Å². The second kappa shape index (κ2) is 10.8. The number of hydrogen-bond donors (Lipinski definition) is 1. The van der Waals surface area contributed by atoms with Crippen molar-refractivity contribution < 1.29 is 4.74 Å². The molecule has 1 aliphatic heterocycles. The Balaban J connectivity index is 0.00000156. The Kier molecular flexibility index (Phi) is 9.47. The quantitative estimate of drug-likeness (QED) is 0.848. The molecule has 0 aliphatic carbocycles. The van der Waals surface area contributed by atoms with Crippen molar-refractivity contribution in [3.8, 4) is 0 Å². The highest BCUT2D eigenvalue weighted by Gasteiger charge is 2.16. The highest BCUT2D eigenvalue weighted by molar-refractivity contribution is 5.85. The van der Waals surface area contributed by atoms with Crippen LogP contribution >= 0.6 is 24.8 Å². The van der Waals surface area contributed by atoms with Gasteiger partial charge in [-0.2, -0.15) is 0 Å². The van der Waals surface area contributed by atoms with Gasteiger partial charge >= 0.3 is 0 Å². The summed E-state index contributed by atoms with van der Waals surface area (Å²) in [7, 11) is 0. The van der Waals surface area contributed by atoms with E-state index in [1.165, 1.54) is 11.1 Å². The summed E-state index contributed by atoms with van der Waals surface area (Å²) in [5.41, 5.74) is 10.1. The van der Waals surface area contributed by atoms with Gasteiger partial charge in [-0.15, -0.1) is 24.8 Å². The Morgan fingerprint density at radius 3 is 2.20 bits per heavy atom. The smallest absolute Gasteiger partial charge is 0.0594 e. The van der Waals surface area contributed by atoms with Gasteiger partial charge in [0.05, 0.1) is 19.3 Å². The molecule has 2 N–H and O–H groups in total. The SMILES string of the molecule is CC(CN1CCOCC1)c1cccc(C(N)c2ccccc2)c1.Cl.Cl. The zero-order chi connectivity index (χ0) is 16.1. The molecule has 0 saturated carbocycles. The fourth-order valence-electron chi connectivity index (χ4n) is 3.19. The lowest BCUT2D eigenvalue weighted by Crippen LogP contribution is -2.38. The summed E-state index contributed by atoms with van der Waals surface area (Å²) in [5.74, 6) is 0.496. The van der Waals surface area contributed by atoms with E-state index in [-0.39, 0.29) is 30.9 Å². The molecule has 1 saturated heterocycles. The molecule has 2 atom stereocenters. The predicted octanol–water partition coefficient (Wildman–Crippen LogP) is 4.01. The van der Waals surface area contributed by atoms with Crippen molar-refractivity contribution in [3.63, 3.8) is 0 Å². The molecule has 2 aromatic rings. The Hall–Kier alpha value is -1.10. The highest BCUT2D eigenvalue weighted by atomic mass is 35.5. The third-order valence-electron chi connectivity index (χ3n) is 4.63. The molecule has 0 radical (unpaired) electrons. The molecule has 0 spiro atoms. The summed E-state index contributed by atoms with van der Waals surface area (Å²) in [4.78, 5) is 2.48. The minimum Gasteiger partial charge on any atom is -0.379 e. The molecular formula is C20H28Cl2N2O. The maximum Gasteiger partial charge on any atom is 0.0594 e. The number of ether oxygens (including phenoxy) is 1. The molecule has 2 unspecified atom stereocenters. The number of benzene rings is 2. The molecule has 138 valence electrons. The van der Waals surface area contributed by atoms with Gasteiger partial charge in [0.15, 0.2) is 0 Å². The van der Waals surface area contributed by atoms with Gasteiger partial charge in [0.25, 0.3) is 0 Å². The zero-order valence-corrected chi connectivity index (χ0v) is 16.3. The van der Waals surface area contributed by atoms with Crippen molar-refractivity contribution in [2.45, 2.75) is 18.9 Å². The topological polar surface area (TPSA) is 38.5 Å². The molecule has 0 amide bonds. The van der Waals surface area contributed by atoms with Crippen molar-refractivity contribution in [3.05, 3.63) is 71.3 Å². The number of halogens is 2. The van der Waals surface area contributed by atoms with E-state index in [0.29, 0.717) is 5.92 Å². The van der Waals surface area contributed by atoms with Crippen LogP contribution in [0.25, 0.3) is 0 Å². The summed E-state index contributed by atoms with van der Waals surface area (Å²) in [6, 6.07) is 19.0. The Morgan fingerprint density at radius 2 is 1.52 bits per heavy atom. The lowest BCUT2D eigenvalue weighted by atomic mass is 9.93. The Bertz CT molecular complexity index is 618. The molecule has 3 nitrogen and oxygen atoms in total. The molecule has 0 aromatic heterocycles. The maximum atomic E-state index is 6.44. The summed E-state index contributed by atoms with van der Waals surface area (Å²) in [5, 5.41) is 0. The third-order valence-corrected chi connectivity index (χ3v) is 4.63. The predicted molar refractivity (Wildman–Crippen MR) is 109 cm³/mol. The van der Waals surface area contributed by atoms with E-state index >= 15 is 0 Å². The standard InChI is InChI=1S/C20H26N2O.2ClH/c1-16(15-22-10-12-23-13-11-22)18-8-5-9-19(14-18)20(21)17-6-3-2-4-7-17;;/h2-9,14,16,20H,10-13,15,21H2,1H3;2*1H. The zero-order valence-electron chi connectivity index (χ0n) is 14.6. The van der Waals surface area contributed by atoms with E-state index in [1.807, 2.05) is 18.2 Å². The van der Waals surface area contributed by atoms with E-state index in [0.717, 1.165) is 38.4 Å². The van der Waals surface area contributed by atoms with Gasteiger partial charge in [0.1, 0.15) is 0 Å². The highest BCUT2D eigenvalue weighted by Crippen LogP contribution is 2.24. The lowest BCUT2D eigenvalue weighted by Gasteiger charge is -2.29. The van der Waals surface area contributed by atoms with Gasteiger partial charge in [-0.1, -0.05) is 61.5 Å². The molecule has 5 heteroatoms. The summed E-state index contributed by atoms with van der Waals surface area (Å²) in [6.45, 7) is 7.15. The van der Waals surface area contributed by atoms with Crippen LogP contribution in [0.4, 0.5) is 0 Å². The van der Waals surface area contributed by atoms with Crippen molar-refractivity contribution in [2.24, 2.45) is 5.73 Å². The molecule has 3 rings (SSSR count). The first-order chi connectivity index (χ1) is 11.2. The molecular weight excluding hydrogens is 355 g/mol. The van der Waals surface area contributed by atoms with Gasteiger partial charge < -0.3 is 10.5 Å². The van der Waals surface area contributed by atoms with Gasteiger partial charge in [0.2, 0.25) is 0 Å². The van der Waals surface area contributed by atoms with Gasteiger partial charge in [-0.3, -0.25) is 4.90 Å². The van der Waals surface area contributed by atoms with Crippen LogP contribution < -0.4 is 5.73 Å². The van der Waals surface area contributed by atoms with E-state index in [1.54, 1.807) is 0 Å². The average molecular weight is 383 g/mol. The number of nitrogens with two attached hydrogens (primary N) is 1. The number of morpholine rings is 1. The van der Waals surface area contributed by atoms with Crippen LogP contribution in [0.1, 0.15) is 35.6 Å². The van der Waals surface area contributed by atoms with Crippen molar-refractivity contribution >= 4 is 24.8 Å². The molecule has 2 aromatic carbocycles. The first kappa shape index (κ1) is 21.9. The number of nitrogens with zero attached hydrogens (tertiary/aromatic N) is 1.